The number of carbonyl (C=O) groups is 2. The van der Waals surface area contributed by atoms with E-state index in [1.54, 1.807) is 24.3 Å². The van der Waals surface area contributed by atoms with Gasteiger partial charge >= 0.3 is 5.97 Å². The zero-order chi connectivity index (χ0) is 20.3. The maximum absolute atomic E-state index is 12.8. The number of aryl methyl sites for hydroxylation is 1. The van der Waals surface area contributed by atoms with E-state index in [-0.39, 0.29) is 5.91 Å². The third-order valence-corrected chi connectivity index (χ3v) is 5.22. The molecule has 0 radical (unpaired) electrons. The Morgan fingerprint density at radius 2 is 1.93 bits per heavy atom. The first-order valence-electron chi connectivity index (χ1n) is 8.26. The van der Waals surface area contributed by atoms with Gasteiger partial charge in [0.05, 0.1) is 17.7 Å². The molecule has 1 aliphatic rings. The molecule has 1 amide bonds. The monoisotopic (exact) mass is 415 g/mol. The Bertz CT molecular complexity index is 969. The highest BCUT2D eigenvalue weighted by atomic mass is 32.2. The van der Waals surface area contributed by atoms with Crippen LogP contribution in [0.4, 0.5) is 5.69 Å². The van der Waals surface area contributed by atoms with Crippen molar-refractivity contribution in [1.82, 2.24) is 0 Å². The summed E-state index contributed by atoms with van der Waals surface area (Å²) in [6.07, 6.45) is 1.72. The number of carboxylic acid groups (broad SMARTS) is 1. The van der Waals surface area contributed by atoms with Crippen molar-refractivity contribution >= 4 is 51.9 Å². The number of methoxy groups -OCH3 is 1. The fraction of sp³-hybridized carbons (Fsp3) is 0.150. The predicted octanol–water partition coefficient (Wildman–Crippen LogP) is 3.87. The van der Waals surface area contributed by atoms with Crippen molar-refractivity contribution < 1.29 is 24.2 Å². The fourth-order valence-corrected chi connectivity index (χ4v) is 3.87. The lowest BCUT2D eigenvalue weighted by molar-refractivity contribution is -0.139. The summed E-state index contributed by atoms with van der Waals surface area (Å²) in [5.41, 5.74) is 2.54. The largest absolute Gasteiger partial charge is 0.493 e. The highest BCUT2D eigenvalue weighted by Gasteiger charge is 2.33. The first-order valence-corrected chi connectivity index (χ1v) is 9.49. The quantitative estimate of drug-likeness (QED) is 0.567. The van der Waals surface area contributed by atoms with Gasteiger partial charge in [-0.05, 0) is 42.8 Å². The van der Waals surface area contributed by atoms with Crippen LogP contribution in [0.1, 0.15) is 11.1 Å². The lowest BCUT2D eigenvalue weighted by Gasteiger charge is -2.14. The Hall–Kier alpha value is -2.84. The van der Waals surface area contributed by atoms with Crippen molar-refractivity contribution in [2.45, 2.75) is 6.92 Å². The molecule has 8 heteroatoms. The van der Waals surface area contributed by atoms with Crippen LogP contribution in [0.3, 0.4) is 0 Å². The van der Waals surface area contributed by atoms with Crippen LogP contribution in [0.5, 0.6) is 11.5 Å². The molecule has 2 aromatic rings. The van der Waals surface area contributed by atoms with Crippen LogP contribution in [0, 0.1) is 6.92 Å². The first-order chi connectivity index (χ1) is 13.4. The summed E-state index contributed by atoms with van der Waals surface area (Å²) in [6, 6.07) is 12.6. The van der Waals surface area contributed by atoms with Gasteiger partial charge in [0.2, 0.25) is 0 Å². The standard InChI is InChI=1S/C20H17NO5S2/c1-12-3-6-14(7-4-12)21-19(24)17(28-20(21)27)10-13-5-8-15(16(9-13)25-2)26-11-18(22)23/h3-10H,11H2,1-2H3,(H,22,23)/b17-10-. The van der Waals surface area contributed by atoms with Crippen molar-refractivity contribution in [3.8, 4) is 11.5 Å². The van der Waals surface area contributed by atoms with E-state index in [0.717, 1.165) is 11.3 Å². The van der Waals surface area contributed by atoms with Gasteiger partial charge in [-0.2, -0.15) is 0 Å². The van der Waals surface area contributed by atoms with Gasteiger partial charge in [0.15, 0.2) is 22.4 Å². The molecule has 0 spiro atoms. The minimum Gasteiger partial charge on any atom is -0.493 e. The summed E-state index contributed by atoms with van der Waals surface area (Å²) in [7, 11) is 1.46. The number of aliphatic carboxylic acids is 1. The first kappa shape index (κ1) is 19.9. The third kappa shape index (κ3) is 4.35. The van der Waals surface area contributed by atoms with E-state index in [1.807, 2.05) is 31.2 Å². The van der Waals surface area contributed by atoms with Gasteiger partial charge < -0.3 is 14.6 Å². The number of carboxylic acids is 1. The number of carbonyl (C=O) groups excluding carboxylic acids is 1. The maximum atomic E-state index is 12.8. The molecule has 0 unspecified atom stereocenters. The highest BCUT2D eigenvalue weighted by molar-refractivity contribution is 8.27. The van der Waals surface area contributed by atoms with Gasteiger partial charge in [-0.25, -0.2) is 4.79 Å². The van der Waals surface area contributed by atoms with Crippen molar-refractivity contribution in [2.24, 2.45) is 0 Å². The molecule has 0 atom stereocenters. The number of ether oxygens (including phenoxy) is 2. The lowest BCUT2D eigenvalue weighted by Crippen LogP contribution is -2.27. The number of thiocarbonyl (C=S) groups is 1. The van der Waals surface area contributed by atoms with Crippen LogP contribution < -0.4 is 14.4 Å². The molecule has 0 aromatic heterocycles. The van der Waals surface area contributed by atoms with E-state index < -0.39 is 12.6 Å². The Labute approximate surface area is 171 Å². The highest BCUT2D eigenvalue weighted by Crippen LogP contribution is 2.37. The normalized spacial score (nSPS) is 15.2. The molecule has 0 bridgehead atoms. The fourth-order valence-electron chi connectivity index (χ4n) is 2.57. The molecule has 3 rings (SSSR count). The summed E-state index contributed by atoms with van der Waals surface area (Å²) >= 11 is 6.61. The van der Waals surface area contributed by atoms with Crippen molar-refractivity contribution in [1.29, 1.82) is 0 Å². The van der Waals surface area contributed by atoms with Gasteiger partial charge in [0.25, 0.3) is 5.91 Å². The van der Waals surface area contributed by atoms with Crippen LogP contribution in [-0.2, 0) is 9.59 Å². The SMILES string of the molecule is COc1cc(/C=C2\SC(=S)N(c3ccc(C)cc3)C2=O)ccc1OCC(=O)O. The molecular weight excluding hydrogens is 398 g/mol. The Morgan fingerprint density at radius 3 is 2.57 bits per heavy atom. The molecule has 28 heavy (non-hydrogen) atoms. The van der Waals surface area contributed by atoms with Gasteiger partial charge in [-0.3, -0.25) is 9.69 Å². The molecule has 1 fully saturated rings. The third-order valence-electron chi connectivity index (χ3n) is 3.92. The van der Waals surface area contributed by atoms with Crippen LogP contribution in [0.15, 0.2) is 47.4 Å². The second-order valence-corrected chi connectivity index (χ2v) is 7.62. The Balaban J connectivity index is 1.85. The molecule has 1 aliphatic heterocycles. The Morgan fingerprint density at radius 1 is 1.21 bits per heavy atom. The van der Waals surface area contributed by atoms with Gasteiger partial charge in [-0.1, -0.05) is 47.7 Å². The van der Waals surface area contributed by atoms with E-state index in [2.05, 4.69) is 0 Å². The number of hydrogen-bond donors (Lipinski definition) is 1. The summed E-state index contributed by atoms with van der Waals surface area (Å²) in [5.74, 6) is -0.576. The minimum absolute atomic E-state index is 0.191. The van der Waals surface area contributed by atoms with Crippen LogP contribution >= 0.6 is 24.0 Å². The molecular formula is C20H17NO5S2. The van der Waals surface area contributed by atoms with E-state index >= 15 is 0 Å². The second kappa shape index (κ2) is 8.45. The summed E-state index contributed by atoms with van der Waals surface area (Å²) in [6.45, 7) is 1.51. The minimum atomic E-state index is -1.08. The van der Waals surface area contributed by atoms with Crippen LogP contribution in [-0.4, -0.2) is 35.0 Å². The number of hydrogen-bond acceptors (Lipinski definition) is 6. The van der Waals surface area contributed by atoms with E-state index in [4.69, 9.17) is 26.8 Å². The number of nitrogens with zero attached hydrogens (tertiary/aromatic N) is 1. The zero-order valence-corrected chi connectivity index (χ0v) is 16.8. The molecule has 1 N–H and O–H groups in total. The summed E-state index contributed by atoms with van der Waals surface area (Å²) in [5, 5.41) is 8.74. The molecule has 1 saturated heterocycles. The van der Waals surface area contributed by atoms with Crippen LogP contribution in [0.2, 0.25) is 0 Å². The zero-order valence-electron chi connectivity index (χ0n) is 15.2. The van der Waals surface area contributed by atoms with Crippen LogP contribution in [0.25, 0.3) is 6.08 Å². The number of rotatable bonds is 6. The van der Waals surface area contributed by atoms with E-state index in [9.17, 15) is 9.59 Å². The topological polar surface area (TPSA) is 76.1 Å². The van der Waals surface area contributed by atoms with Gasteiger partial charge in [0.1, 0.15) is 0 Å². The summed E-state index contributed by atoms with van der Waals surface area (Å²) < 4.78 is 10.9. The molecule has 2 aromatic carbocycles. The molecule has 0 saturated carbocycles. The predicted molar refractivity (Wildman–Crippen MR) is 113 cm³/mol. The molecule has 0 aliphatic carbocycles. The van der Waals surface area contributed by atoms with Gasteiger partial charge in [-0.15, -0.1) is 0 Å². The number of amides is 1. The van der Waals surface area contributed by atoms with E-state index in [1.165, 1.54) is 23.8 Å². The van der Waals surface area contributed by atoms with Crippen molar-refractivity contribution in [2.75, 3.05) is 18.6 Å². The van der Waals surface area contributed by atoms with E-state index in [0.29, 0.717) is 26.3 Å². The average molecular weight is 415 g/mol. The Kier molecular flexibility index (Phi) is 6.01. The number of benzene rings is 2. The number of thioether (sulfide) groups is 1. The maximum Gasteiger partial charge on any atom is 0.341 e. The molecule has 1 heterocycles. The van der Waals surface area contributed by atoms with Crippen molar-refractivity contribution in [3.63, 3.8) is 0 Å². The second-order valence-electron chi connectivity index (χ2n) is 5.95. The molecule has 6 nitrogen and oxygen atoms in total. The summed E-state index contributed by atoms with van der Waals surface area (Å²) in [4.78, 5) is 25.5. The molecule has 144 valence electrons. The average Bonchev–Trinajstić information content (AvgIpc) is 2.94. The smallest absolute Gasteiger partial charge is 0.341 e. The van der Waals surface area contributed by atoms with Crippen molar-refractivity contribution in [3.05, 3.63) is 58.5 Å². The van der Waals surface area contributed by atoms with Gasteiger partial charge in [0, 0.05) is 0 Å². The lowest BCUT2D eigenvalue weighted by atomic mass is 10.1. The number of anilines is 1.